The highest BCUT2D eigenvalue weighted by atomic mass is 16.6. The molecule has 2 N–H and O–H groups in total. The molecule has 1 amide bonds. The molecule has 1 rings (SSSR count). The minimum Gasteiger partial charge on any atom is -0.394 e. The first-order valence-electron chi connectivity index (χ1n) is 5.23. The van der Waals surface area contributed by atoms with Crippen LogP contribution in [0.3, 0.4) is 0 Å². The molecule has 17 heavy (non-hydrogen) atoms. The lowest BCUT2D eigenvalue weighted by Gasteiger charge is -2.12. The van der Waals surface area contributed by atoms with Crippen molar-refractivity contribution in [2.45, 2.75) is 19.4 Å². The Labute approximate surface area is 98.2 Å². The summed E-state index contributed by atoms with van der Waals surface area (Å²) in [4.78, 5) is 21.8. The summed E-state index contributed by atoms with van der Waals surface area (Å²) in [6.45, 7) is 1.67. The van der Waals surface area contributed by atoms with Gasteiger partial charge in [0.1, 0.15) is 0 Å². The SMILES string of the molecule is CC[C@@H](CO)NC(=O)c1ccc([N+](=O)[O-])n1C. The van der Waals surface area contributed by atoms with Gasteiger partial charge in [0.2, 0.25) is 0 Å². The maximum Gasteiger partial charge on any atom is 0.323 e. The first-order chi connectivity index (χ1) is 8.01. The number of rotatable bonds is 5. The number of carbonyl (C=O) groups excluding carboxylic acids is 1. The van der Waals surface area contributed by atoms with Crippen molar-refractivity contribution in [3.05, 3.63) is 27.9 Å². The number of aliphatic hydroxyl groups is 1. The number of nitrogens with zero attached hydrogens (tertiary/aromatic N) is 2. The summed E-state index contributed by atoms with van der Waals surface area (Å²) in [7, 11) is 1.45. The molecule has 0 radical (unpaired) electrons. The average Bonchev–Trinajstić information content (AvgIpc) is 2.67. The molecule has 0 aliphatic rings. The predicted octanol–water partition coefficient (Wildman–Crippen LogP) is 0.434. The van der Waals surface area contributed by atoms with E-state index in [0.717, 1.165) is 0 Å². The second-order valence-electron chi connectivity index (χ2n) is 3.65. The molecule has 0 aliphatic heterocycles. The average molecular weight is 241 g/mol. The van der Waals surface area contributed by atoms with Crippen LogP contribution in [0.25, 0.3) is 0 Å². The standard InChI is InChI=1S/C10H15N3O4/c1-3-7(6-14)11-10(15)8-4-5-9(12(8)2)13(16)17/h4-5,7,14H,3,6H2,1-2H3,(H,11,15)/t7-/m0/s1. The molecule has 0 aromatic carbocycles. The zero-order valence-electron chi connectivity index (χ0n) is 9.71. The Morgan fingerprint density at radius 3 is 2.71 bits per heavy atom. The highest BCUT2D eigenvalue weighted by molar-refractivity contribution is 5.93. The number of amides is 1. The fourth-order valence-electron chi connectivity index (χ4n) is 1.45. The summed E-state index contributed by atoms with van der Waals surface area (Å²) in [5.41, 5.74) is 0.198. The Kier molecular flexibility index (Phi) is 4.22. The maximum atomic E-state index is 11.8. The normalized spacial score (nSPS) is 12.2. The van der Waals surface area contributed by atoms with Crippen molar-refractivity contribution in [3.8, 4) is 0 Å². The number of nitrogens with one attached hydrogen (secondary N) is 1. The number of nitro groups is 1. The minimum atomic E-state index is -0.555. The van der Waals surface area contributed by atoms with Crippen molar-refractivity contribution < 1.29 is 14.8 Å². The van der Waals surface area contributed by atoms with Gasteiger partial charge in [0.25, 0.3) is 5.91 Å². The van der Waals surface area contributed by atoms with Gasteiger partial charge in [-0.25, -0.2) is 4.57 Å². The minimum absolute atomic E-state index is 0.146. The smallest absolute Gasteiger partial charge is 0.323 e. The van der Waals surface area contributed by atoms with E-state index in [2.05, 4.69) is 5.32 Å². The van der Waals surface area contributed by atoms with Gasteiger partial charge in [-0.15, -0.1) is 0 Å². The van der Waals surface area contributed by atoms with E-state index >= 15 is 0 Å². The van der Waals surface area contributed by atoms with E-state index in [1.165, 1.54) is 23.7 Å². The highest BCUT2D eigenvalue weighted by Crippen LogP contribution is 2.14. The lowest BCUT2D eigenvalue weighted by atomic mass is 10.2. The Bertz CT molecular complexity index is 423. The molecule has 0 aliphatic carbocycles. The van der Waals surface area contributed by atoms with E-state index < -0.39 is 10.8 Å². The van der Waals surface area contributed by atoms with Crippen LogP contribution in [0.5, 0.6) is 0 Å². The molecule has 94 valence electrons. The molecule has 0 fully saturated rings. The van der Waals surface area contributed by atoms with Gasteiger partial charge in [-0.3, -0.25) is 4.79 Å². The number of hydrogen-bond acceptors (Lipinski definition) is 4. The first-order valence-corrected chi connectivity index (χ1v) is 5.23. The summed E-state index contributed by atoms with van der Waals surface area (Å²) < 4.78 is 1.21. The third kappa shape index (κ3) is 2.82. The Hall–Kier alpha value is -1.89. The fraction of sp³-hybridized carbons (Fsp3) is 0.500. The zero-order valence-corrected chi connectivity index (χ0v) is 9.71. The van der Waals surface area contributed by atoms with Gasteiger partial charge in [0.15, 0.2) is 5.69 Å². The molecule has 7 heteroatoms. The number of hydrogen-bond donors (Lipinski definition) is 2. The second-order valence-corrected chi connectivity index (χ2v) is 3.65. The van der Waals surface area contributed by atoms with Gasteiger partial charge in [-0.05, 0) is 17.4 Å². The number of carbonyl (C=O) groups is 1. The molecule has 1 aromatic rings. The molecule has 0 bridgehead atoms. The van der Waals surface area contributed by atoms with Crippen LogP contribution in [0.2, 0.25) is 0 Å². The molecular weight excluding hydrogens is 226 g/mol. The van der Waals surface area contributed by atoms with E-state index in [9.17, 15) is 14.9 Å². The molecule has 1 heterocycles. The van der Waals surface area contributed by atoms with Crippen LogP contribution < -0.4 is 5.32 Å². The van der Waals surface area contributed by atoms with E-state index in [1.54, 1.807) is 0 Å². The van der Waals surface area contributed by atoms with Crippen molar-refractivity contribution in [3.63, 3.8) is 0 Å². The van der Waals surface area contributed by atoms with Gasteiger partial charge in [-0.1, -0.05) is 6.92 Å². The van der Waals surface area contributed by atoms with Gasteiger partial charge in [0.05, 0.1) is 19.7 Å². The van der Waals surface area contributed by atoms with Crippen LogP contribution in [0.15, 0.2) is 12.1 Å². The molecule has 1 atom stereocenters. The van der Waals surface area contributed by atoms with Crippen LogP contribution in [0.1, 0.15) is 23.8 Å². The first kappa shape index (κ1) is 13.2. The Morgan fingerprint density at radius 1 is 1.65 bits per heavy atom. The monoisotopic (exact) mass is 241 g/mol. The van der Waals surface area contributed by atoms with E-state index in [0.29, 0.717) is 6.42 Å². The quantitative estimate of drug-likeness (QED) is 0.577. The van der Waals surface area contributed by atoms with Crippen molar-refractivity contribution >= 4 is 11.7 Å². The van der Waals surface area contributed by atoms with Crippen LogP contribution in [0, 0.1) is 10.1 Å². The van der Waals surface area contributed by atoms with Crippen LogP contribution in [0.4, 0.5) is 5.82 Å². The van der Waals surface area contributed by atoms with E-state index in [4.69, 9.17) is 5.11 Å². The molecule has 7 nitrogen and oxygen atoms in total. The lowest BCUT2D eigenvalue weighted by molar-refractivity contribution is -0.391. The topological polar surface area (TPSA) is 97.4 Å². The number of aliphatic hydroxyl groups excluding tert-OH is 1. The third-order valence-electron chi connectivity index (χ3n) is 2.56. The Balaban J connectivity index is 2.86. The van der Waals surface area contributed by atoms with Gasteiger partial charge in [-0.2, -0.15) is 0 Å². The molecule has 0 saturated carbocycles. The number of aromatic nitrogens is 1. The zero-order chi connectivity index (χ0) is 13.0. The second kappa shape index (κ2) is 5.44. The van der Waals surface area contributed by atoms with Crippen LogP contribution in [-0.4, -0.2) is 33.2 Å². The molecule has 0 spiro atoms. The lowest BCUT2D eigenvalue weighted by Crippen LogP contribution is -2.37. The molecule has 0 saturated heterocycles. The fourth-order valence-corrected chi connectivity index (χ4v) is 1.45. The van der Waals surface area contributed by atoms with Crippen LogP contribution in [-0.2, 0) is 7.05 Å². The molecule has 1 aromatic heterocycles. The summed E-state index contributed by atoms with van der Waals surface area (Å²) in [6, 6.07) is 2.32. The van der Waals surface area contributed by atoms with E-state index in [-0.39, 0.29) is 24.2 Å². The summed E-state index contributed by atoms with van der Waals surface area (Å²) in [5.74, 6) is -0.575. The van der Waals surface area contributed by atoms with Crippen molar-refractivity contribution in [1.29, 1.82) is 0 Å². The van der Waals surface area contributed by atoms with Crippen LogP contribution >= 0.6 is 0 Å². The maximum absolute atomic E-state index is 11.8. The molecule has 0 unspecified atom stereocenters. The summed E-state index contributed by atoms with van der Waals surface area (Å²) in [6.07, 6.45) is 0.592. The van der Waals surface area contributed by atoms with Crippen molar-refractivity contribution in [2.75, 3.05) is 6.61 Å². The summed E-state index contributed by atoms with van der Waals surface area (Å²) >= 11 is 0. The third-order valence-corrected chi connectivity index (χ3v) is 2.56. The summed E-state index contributed by atoms with van der Waals surface area (Å²) in [5, 5.41) is 22.2. The van der Waals surface area contributed by atoms with Gasteiger partial charge >= 0.3 is 5.82 Å². The largest absolute Gasteiger partial charge is 0.394 e. The van der Waals surface area contributed by atoms with Crippen molar-refractivity contribution in [1.82, 2.24) is 9.88 Å². The van der Waals surface area contributed by atoms with E-state index in [1.807, 2.05) is 6.92 Å². The highest BCUT2D eigenvalue weighted by Gasteiger charge is 2.21. The van der Waals surface area contributed by atoms with Crippen molar-refractivity contribution in [2.24, 2.45) is 7.05 Å². The van der Waals surface area contributed by atoms with Gasteiger partial charge in [0, 0.05) is 6.07 Å². The Morgan fingerprint density at radius 2 is 2.29 bits per heavy atom. The molecular formula is C10H15N3O4. The predicted molar refractivity (Wildman–Crippen MR) is 60.7 cm³/mol. The van der Waals surface area contributed by atoms with Gasteiger partial charge < -0.3 is 20.5 Å².